The zero-order valence-electron chi connectivity index (χ0n) is 11.0. The molecule has 2 amide bonds. The van der Waals surface area contributed by atoms with Crippen LogP contribution in [0.5, 0.6) is 0 Å². The van der Waals surface area contributed by atoms with Crippen molar-refractivity contribution in [3.63, 3.8) is 0 Å². The lowest BCUT2D eigenvalue weighted by Crippen LogP contribution is -2.42. The maximum absolute atomic E-state index is 11.9. The highest BCUT2D eigenvalue weighted by molar-refractivity contribution is 5.94. The van der Waals surface area contributed by atoms with Crippen molar-refractivity contribution in [2.45, 2.75) is 45.7 Å². The maximum atomic E-state index is 11.9. The normalized spacial score (nSPS) is 26.6. The number of nitrogens with zero attached hydrogens (tertiary/aromatic N) is 1. The first kappa shape index (κ1) is 11.2. The summed E-state index contributed by atoms with van der Waals surface area (Å²) in [6, 6.07) is -0.449. The minimum Gasteiger partial charge on any atom is -0.443 e. The summed E-state index contributed by atoms with van der Waals surface area (Å²) in [7, 11) is 0. The van der Waals surface area contributed by atoms with E-state index in [4.69, 9.17) is 6.11 Å². The molecule has 0 aromatic rings. The Kier molecular flexibility index (Phi) is 2.99. The second-order valence-corrected chi connectivity index (χ2v) is 4.92. The van der Waals surface area contributed by atoms with Gasteiger partial charge in [-0.15, -0.1) is 6.58 Å². The summed E-state index contributed by atoms with van der Waals surface area (Å²) < 4.78 is 12.6. The van der Waals surface area contributed by atoms with E-state index in [1.165, 1.54) is 0 Å². The van der Waals surface area contributed by atoms with Gasteiger partial charge in [0, 0.05) is 19.8 Å². The molecule has 1 aliphatic rings. The average molecular weight is 227 g/mol. The molecule has 0 N–H and O–H groups in total. The van der Waals surface area contributed by atoms with Gasteiger partial charge in [-0.25, -0.2) is 9.69 Å². The van der Waals surface area contributed by atoms with E-state index in [0.717, 1.165) is 4.90 Å². The molecule has 1 aliphatic heterocycles. The first-order valence-electron chi connectivity index (χ1n) is 5.97. The molecule has 1 heterocycles. The molecular weight excluding hydrogens is 206 g/mol. The zero-order valence-corrected chi connectivity index (χ0v) is 10.0. The standard InChI is InChI=1S/C12H19NO3/c1-6-9-7-10(14)13(8(9)2)11(15)16-12(3,4)5/h6,8-9H,1,7H2,2-5H3/t8-,9-/m0/s1/i2T. The van der Waals surface area contributed by atoms with Crippen molar-refractivity contribution in [3.8, 4) is 0 Å². The van der Waals surface area contributed by atoms with E-state index < -0.39 is 17.7 Å². The number of hydrogen-bond acceptors (Lipinski definition) is 3. The predicted octanol–water partition coefficient (Wildman–Crippen LogP) is 2.34. The molecule has 1 rings (SSSR count). The minimum absolute atomic E-state index is 0.0261. The van der Waals surface area contributed by atoms with Crippen LogP contribution in [-0.4, -0.2) is 28.5 Å². The molecule has 0 aromatic heterocycles. The molecule has 1 fully saturated rings. The molecule has 0 spiro atoms. The van der Waals surface area contributed by atoms with Crippen LogP contribution in [0, 0.1) is 5.92 Å². The summed E-state index contributed by atoms with van der Waals surface area (Å²) in [6.45, 7) is 8.83. The minimum atomic E-state index is -0.663. The Bertz CT molecular complexity index is 335. The number of carbonyl (C=O) groups excluding carboxylic acids is 2. The van der Waals surface area contributed by atoms with Crippen molar-refractivity contribution in [2.24, 2.45) is 5.92 Å². The van der Waals surface area contributed by atoms with Crippen LogP contribution in [0.1, 0.15) is 35.5 Å². The van der Waals surface area contributed by atoms with Gasteiger partial charge in [0.1, 0.15) is 5.60 Å². The zero-order chi connectivity index (χ0) is 13.2. The second kappa shape index (κ2) is 4.28. The Morgan fingerprint density at radius 1 is 1.69 bits per heavy atom. The maximum Gasteiger partial charge on any atom is 0.417 e. The van der Waals surface area contributed by atoms with Gasteiger partial charge >= 0.3 is 6.09 Å². The monoisotopic (exact) mass is 227 g/mol. The molecule has 2 atom stereocenters. The number of likely N-dealkylation sites (tertiary alicyclic amines) is 1. The van der Waals surface area contributed by atoms with E-state index in [1.807, 2.05) is 0 Å². The quantitative estimate of drug-likeness (QED) is 0.646. The van der Waals surface area contributed by atoms with Crippen LogP contribution >= 0.6 is 0 Å². The Hall–Kier alpha value is -1.32. The summed E-state index contributed by atoms with van der Waals surface area (Å²) >= 11 is 0. The molecule has 4 heteroatoms. The van der Waals surface area contributed by atoms with Gasteiger partial charge < -0.3 is 4.74 Å². The fraction of sp³-hybridized carbons (Fsp3) is 0.667. The first-order valence-corrected chi connectivity index (χ1v) is 5.27. The highest BCUT2D eigenvalue weighted by atomic mass is 16.6. The molecule has 1 saturated heterocycles. The summed E-state index contributed by atoms with van der Waals surface area (Å²) in [5.74, 6) is -0.436. The number of ether oxygens (including phenoxy) is 1. The van der Waals surface area contributed by atoms with Crippen LogP contribution < -0.4 is 0 Å². The van der Waals surface area contributed by atoms with Crippen molar-refractivity contribution >= 4 is 12.0 Å². The van der Waals surface area contributed by atoms with Gasteiger partial charge in [0.15, 0.2) is 0 Å². The molecule has 0 saturated carbocycles. The van der Waals surface area contributed by atoms with Crippen LogP contribution in [0.3, 0.4) is 0 Å². The van der Waals surface area contributed by atoms with Crippen LogP contribution in [0.25, 0.3) is 0 Å². The average Bonchev–Trinajstić information content (AvgIpc) is 2.51. The fourth-order valence-corrected chi connectivity index (χ4v) is 1.60. The largest absolute Gasteiger partial charge is 0.443 e. The molecule has 4 nitrogen and oxygen atoms in total. The molecule has 90 valence electrons. The van der Waals surface area contributed by atoms with Gasteiger partial charge in [-0.05, 0) is 27.7 Å². The van der Waals surface area contributed by atoms with E-state index in [9.17, 15) is 9.59 Å². The SMILES string of the molecule is [3H]C[C@H]1[C@@H](C=C)CC(=O)N1C(=O)OC(C)(C)C. The first-order chi connectivity index (χ1) is 7.80. The van der Waals surface area contributed by atoms with E-state index in [0.29, 0.717) is 0 Å². The summed E-state index contributed by atoms with van der Waals surface area (Å²) in [4.78, 5) is 24.7. The molecule has 0 radical (unpaired) electrons. The van der Waals surface area contributed by atoms with Crippen LogP contribution in [0.4, 0.5) is 4.79 Å². The van der Waals surface area contributed by atoms with E-state index >= 15 is 0 Å². The Labute approximate surface area is 97.7 Å². The molecular formula is C12H19NO3. The molecule has 0 aromatic carbocycles. The number of carbonyl (C=O) groups is 2. The summed E-state index contributed by atoms with van der Waals surface area (Å²) in [6.07, 6.45) is 1.19. The fourth-order valence-electron chi connectivity index (χ4n) is 1.60. The Morgan fingerprint density at radius 3 is 2.75 bits per heavy atom. The molecule has 0 bridgehead atoms. The second-order valence-electron chi connectivity index (χ2n) is 4.92. The highest BCUT2D eigenvalue weighted by Crippen LogP contribution is 2.27. The smallest absolute Gasteiger partial charge is 0.417 e. The van der Waals surface area contributed by atoms with Crippen molar-refractivity contribution in [1.29, 1.82) is 0 Å². The lowest BCUT2D eigenvalue weighted by Gasteiger charge is -2.26. The number of rotatable bonds is 1. The van der Waals surface area contributed by atoms with Crippen molar-refractivity contribution in [1.82, 2.24) is 4.90 Å². The van der Waals surface area contributed by atoms with Crippen LogP contribution in [0.15, 0.2) is 12.7 Å². The van der Waals surface area contributed by atoms with E-state index in [2.05, 4.69) is 6.58 Å². The Balaban J connectivity index is 2.84. The van der Waals surface area contributed by atoms with Crippen LogP contribution in [-0.2, 0) is 9.53 Å². The summed E-state index contributed by atoms with van der Waals surface area (Å²) in [5.41, 5.74) is -0.643. The predicted molar refractivity (Wildman–Crippen MR) is 60.8 cm³/mol. The third kappa shape index (κ3) is 2.62. The third-order valence-corrected chi connectivity index (χ3v) is 2.40. The van der Waals surface area contributed by atoms with Gasteiger partial charge in [-0.3, -0.25) is 4.79 Å². The van der Waals surface area contributed by atoms with Crippen molar-refractivity contribution in [2.75, 3.05) is 0 Å². The van der Waals surface area contributed by atoms with E-state index in [1.54, 1.807) is 26.8 Å². The van der Waals surface area contributed by atoms with Gasteiger partial charge in [-0.2, -0.15) is 0 Å². The topological polar surface area (TPSA) is 46.6 Å². The van der Waals surface area contributed by atoms with E-state index in [-0.39, 0.29) is 25.1 Å². The lowest BCUT2D eigenvalue weighted by molar-refractivity contribution is -0.127. The third-order valence-electron chi connectivity index (χ3n) is 2.40. The highest BCUT2D eigenvalue weighted by Gasteiger charge is 2.41. The van der Waals surface area contributed by atoms with Gasteiger partial charge in [0.25, 0.3) is 0 Å². The van der Waals surface area contributed by atoms with Crippen molar-refractivity contribution < 1.29 is 15.7 Å². The lowest BCUT2D eigenvalue weighted by atomic mass is 10.0. The Morgan fingerprint density at radius 2 is 2.31 bits per heavy atom. The van der Waals surface area contributed by atoms with Crippen molar-refractivity contribution in [3.05, 3.63) is 12.7 Å². The van der Waals surface area contributed by atoms with Gasteiger partial charge in [0.05, 0.1) is 0 Å². The molecule has 0 unspecified atom stereocenters. The number of amides is 2. The van der Waals surface area contributed by atoms with Gasteiger partial charge in [0.2, 0.25) is 5.91 Å². The van der Waals surface area contributed by atoms with Crippen LogP contribution in [0.2, 0.25) is 0 Å². The molecule has 16 heavy (non-hydrogen) atoms. The van der Waals surface area contributed by atoms with Gasteiger partial charge in [-0.1, -0.05) is 6.08 Å². The molecule has 0 aliphatic carbocycles. The summed E-state index contributed by atoms with van der Waals surface area (Å²) in [5, 5.41) is 0. The number of hydrogen-bond donors (Lipinski definition) is 0. The number of imide groups is 1.